The van der Waals surface area contributed by atoms with Crippen LogP contribution in [0.3, 0.4) is 0 Å². The van der Waals surface area contributed by atoms with E-state index in [1.165, 1.54) is 230 Å². The normalized spacial score (nSPS) is 12.6. The first-order chi connectivity index (χ1) is 68.3. The minimum atomic E-state index is -0.113. The van der Waals surface area contributed by atoms with Gasteiger partial charge < -0.3 is 14.0 Å². The van der Waals surface area contributed by atoms with Crippen LogP contribution in [0.5, 0.6) is 0 Å². The summed E-state index contributed by atoms with van der Waals surface area (Å²) in [6, 6.07) is 168. The van der Waals surface area contributed by atoms with Gasteiger partial charge in [-0.2, -0.15) is 0 Å². The Bertz CT molecular complexity index is 9850. The minimum absolute atomic E-state index is 0.113. The van der Waals surface area contributed by atoms with Crippen molar-refractivity contribution in [1.29, 1.82) is 0 Å². The zero-order valence-electron chi connectivity index (χ0n) is 75.5. The fraction of sp³-hybridized carbons (Fsp3) is 0.0229. The Morgan fingerprint density at radius 3 is 1.26 bits per heavy atom. The molecule has 642 valence electrons. The van der Waals surface area contributed by atoms with E-state index in [0.717, 1.165) is 56.2 Å². The average molecular weight is 1770 g/mol. The molecule has 5 heterocycles. The second kappa shape index (κ2) is 30.2. The average Bonchev–Trinajstić information content (AvgIpc) is 1.51. The van der Waals surface area contributed by atoms with Gasteiger partial charge in [-0.1, -0.05) is 360 Å². The van der Waals surface area contributed by atoms with Crippen molar-refractivity contribution in [3.05, 3.63) is 472 Å². The second-order valence-corrected chi connectivity index (χ2v) is 38.6. The number of hydrogen-bond donors (Lipinski definition) is 0. The van der Waals surface area contributed by atoms with Crippen LogP contribution in [0, 0.1) is 0 Å². The summed E-state index contributed by atoms with van der Waals surface area (Å²) in [5.74, 6) is 0.837. The quantitative estimate of drug-likeness (QED) is 0.145. The van der Waals surface area contributed by atoms with Gasteiger partial charge in [0.1, 0.15) is 5.69 Å². The molecule has 0 aliphatic heterocycles. The fourth-order valence-corrected chi connectivity index (χ4v) is 25.2. The number of hydrogen-bond acceptors (Lipinski definition) is 4. The van der Waals surface area contributed by atoms with Gasteiger partial charge in [0.05, 0.1) is 49.8 Å². The number of benzene rings is 22. The van der Waals surface area contributed by atoms with E-state index in [4.69, 9.17) is 9.97 Å². The number of nitrogens with zero attached hydrogens (tertiary/aromatic N) is 6. The lowest BCUT2D eigenvalue weighted by molar-refractivity contribution is 0.661. The molecule has 5 aromatic heterocycles. The lowest BCUT2D eigenvalue weighted by Gasteiger charge is -2.26. The van der Waals surface area contributed by atoms with Crippen LogP contribution in [0.4, 0.5) is 17.1 Å². The van der Waals surface area contributed by atoms with Crippen LogP contribution in [0.2, 0.25) is 0 Å². The van der Waals surface area contributed by atoms with E-state index in [0.29, 0.717) is 0 Å². The van der Waals surface area contributed by atoms with E-state index in [1.807, 2.05) is 35.6 Å². The molecule has 0 saturated heterocycles. The topological polar surface area (TPSA) is 43.8 Å². The van der Waals surface area contributed by atoms with Gasteiger partial charge in [-0.25, -0.2) is 9.97 Å². The van der Waals surface area contributed by atoms with Gasteiger partial charge in [0, 0.05) is 97.3 Å². The van der Waals surface area contributed by atoms with Crippen LogP contribution in [0.15, 0.2) is 461 Å². The minimum Gasteiger partial charge on any atom is -0.310 e. The molecule has 138 heavy (non-hydrogen) atoms. The van der Waals surface area contributed by atoms with Crippen LogP contribution >= 0.6 is 11.3 Å². The summed E-state index contributed by atoms with van der Waals surface area (Å²) in [5, 5.41) is 18.3. The van der Waals surface area contributed by atoms with E-state index in [9.17, 15) is 0 Å². The monoisotopic (exact) mass is 1770 g/mol. The highest BCUT2D eigenvalue weighted by molar-refractivity contribution is 7.26. The van der Waals surface area contributed by atoms with Crippen molar-refractivity contribution in [2.45, 2.75) is 19.3 Å². The summed E-state index contributed by atoms with van der Waals surface area (Å²) < 4.78 is 9.95. The van der Waals surface area contributed by atoms with E-state index in [-0.39, 0.29) is 5.41 Å². The molecule has 0 N–H and O–H groups in total. The van der Waals surface area contributed by atoms with Gasteiger partial charge >= 0.3 is 0 Å². The smallest absolute Gasteiger partial charge is 0.165 e. The number of aromatic nitrogens is 5. The SMILES string of the molecule is CC1(C)c2ccccc2-c2c1cc1c3c2-c2ccccc2-c2cccc4ccc(c3c24)n1-c1ccc(-c2ccccc2)cc1.c1ccc(-c2ccc3c4c2-c2ccccc2-c2cccc5ccc(c4c25)n3-c2nc3ccccc3nc2-c2ccccc2)cc1.c1ccc(N(c2ccc(-n3c4cccc5c4c4c6c(cccc6ccc43)-c3ccccc3-5)cc2)c2cccc3sc4ccccc4c23)cc1. The number of para-hydroxylation sites is 3. The van der Waals surface area contributed by atoms with Gasteiger partial charge in [-0.3, -0.25) is 4.57 Å². The molecule has 0 saturated carbocycles. The third kappa shape index (κ3) is 11.4. The van der Waals surface area contributed by atoms with Gasteiger partial charge in [0.15, 0.2) is 5.82 Å². The van der Waals surface area contributed by atoms with E-state index >= 15 is 0 Å². The first kappa shape index (κ1) is 77.9. The van der Waals surface area contributed by atoms with Crippen LogP contribution in [-0.2, 0) is 5.41 Å². The van der Waals surface area contributed by atoms with Crippen molar-refractivity contribution in [2.75, 3.05) is 4.90 Å². The van der Waals surface area contributed by atoms with Crippen LogP contribution in [-0.4, -0.2) is 23.7 Å². The Hall–Kier alpha value is -17.6. The highest BCUT2D eigenvalue weighted by Gasteiger charge is 2.41. The van der Waals surface area contributed by atoms with Crippen molar-refractivity contribution < 1.29 is 0 Å². The first-order valence-corrected chi connectivity index (χ1v) is 48.5. The van der Waals surface area contributed by atoms with Gasteiger partial charge in [0.2, 0.25) is 0 Å². The molecule has 27 aromatic rings. The summed E-state index contributed by atoms with van der Waals surface area (Å²) in [6.07, 6.45) is 0. The third-order valence-electron chi connectivity index (χ3n) is 30.0. The molecule has 4 aliphatic rings. The van der Waals surface area contributed by atoms with Crippen LogP contribution in [0.25, 0.3) is 258 Å². The molecule has 7 heteroatoms. The fourth-order valence-electron chi connectivity index (χ4n) is 24.1. The van der Waals surface area contributed by atoms with Crippen molar-refractivity contribution in [3.8, 4) is 129 Å². The number of thiophene rings is 1. The van der Waals surface area contributed by atoms with Crippen LogP contribution < -0.4 is 4.90 Å². The first-order valence-electron chi connectivity index (χ1n) is 47.7. The van der Waals surface area contributed by atoms with Crippen molar-refractivity contribution in [1.82, 2.24) is 23.7 Å². The Morgan fingerprint density at radius 1 is 0.232 bits per heavy atom. The van der Waals surface area contributed by atoms with E-state index in [1.54, 1.807) is 0 Å². The zero-order chi connectivity index (χ0) is 90.7. The molecule has 0 spiro atoms. The maximum absolute atomic E-state index is 5.37. The van der Waals surface area contributed by atoms with Crippen molar-refractivity contribution >= 4 is 157 Å². The Labute approximate surface area is 800 Å². The highest BCUT2D eigenvalue weighted by Crippen LogP contribution is 2.61. The number of anilines is 3. The van der Waals surface area contributed by atoms with Gasteiger partial charge in [-0.05, 0) is 248 Å². The van der Waals surface area contributed by atoms with Crippen molar-refractivity contribution in [2.24, 2.45) is 0 Å². The molecule has 22 aromatic carbocycles. The molecular formula is C131H82N6S. The number of rotatable bonds is 9. The largest absolute Gasteiger partial charge is 0.310 e. The van der Waals surface area contributed by atoms with Crippen LogP contribution in [0.1, 0.15) is 25.0 Å². The second-order valence-electron chi connectivity index (χ2n) is 37.5. The van der Waals surface area contributed by atoms with Crippen molar-refractivity contribution in [3.63, 3.8) is 0 Å². The van der Waals surface area contributed by atoms with Gasteiger partial charge in [-0.15, -0.1) is 11.3 Å². The summed E-state index contributed by atoms with van der Waals surface area (Å²) in [4.78, 5) is 13.0. The lowest BCUT2D eigenvalue weighted by atomic mass is 9.81. The highest BCUT2D eigenvalue weighted by atomic mass is 32.1. The maximum Gasteiger partial charge on any atom is 0.165 e. The Balaban J connectivity index is 0.000000100. The molecule has 0 bridgehead atoms. The molecule has 0 unspecified atom stereocenters. The zero-order valence-corrected chi connectivity index (χ0v) is 76.3. The standard InChI is InChI=1S/C46H28N2S.C43H29N.C42H25N3/c1-2-12-30(13-3-1)47(38-20-10-22-42-44(38)37-16-6-7-21-41(37)49-42)31-24-26-32(27-25-31)48-39-19-9-18-36-34-15-5-4-14-33(34)35-17-8-11-29-23-28-40(48)46(43(29)35)45(36)39;1-43(2)34-18-9-8-16-33(34)39-35(43)25-37-42-40(39)32-15-7-6-14-30(32)31-17-10-13-28-21-24-36(41(42)38(28)31)44(37)29-22-19-27(20-23-29)26-11-4-3-5-12-26;1-3-12-26(13-4-1)29-23-25-36-40-38(29)32-18-8-7-17-30(32)31-19-11-16-27-22-24-35(39(40)37(27)31)45(36)42-41(28-14-5-2-6-15-28)43-33-20-9-10-21-34(33)44-42/h1-28H;3-25H,1-2H3;1-25H. The van der Waals surface area contributed by atoms with Gasteiger partial charge in [0.25, 0.3) is 0 Å². The molecular weight excluding hydrogens is 1690 g/mol. The summed E-state index contributed by atoms with van der Waals surface area (Å²) in [7, 11) is 0. The Morgan fingerprint density at radius 2 is 0.645 bits per heavy atom. The maximum atomic E-state index is 5.37. The summed E-state index contributed by atoms with van der Waals surface area (Å²) >= 11 is 1.86. The van der Waals surface area contributed by atoms with E-state index in [2.05, 4.69) is 469 Å². The predicted octanol–water partition coefficient (Wildman–Crippen LogP) is 35.8. The molecule has 0 atom stereocenters. The molecule has 6 nitrogen and oxygen atoms in total. The summed E-state index contributed by atoms with van der Waals surface area (Å²) in [5.41, 5.74) is 42.7. The third-order valence-corrected chi connectivity index (χ3v) is 31.1. The Kier molecular flexibility index (Phi) is 17.1. The molecule has 4 aliphatic carbocycles. The molecule has 0 fully saturated rings. The molecule has 0 radical (unpaired) electrons. The summed E-state index contributed by atoms with van der Waals surface area (Å²) in [6.45, 7) is 4.79. The molecule has 31 rings (SSSR count). The predicted molar refractivity (Wildman–Crippen MR) is 583 cm³/mol. The number of fused-ring (bicyclic) bond motifs is 17. The lowest BCUT2D eigenvalue weighted by Crippen LogP contribution is -2.15. The molecule has 0 amide bonds. The van der Waals surface area contributed by atoms with E-state index < -0.39 is 0 Å².